The zero-order chi connectivity index (χ0) is 16.9. The van der Waals surface area contributed by atoms with Gasteiger partial charge in [0.25, 0.3) is 0 Å². The summed E-state index contributed by atoms with van der Waals surface area (Å²) < 4.78 is 0. The third kappa shape index (κ3) is 4.20. The highest BCUT2D eigenvalue weighted by atomic mass is 16.3. The number of amides is 1. The average molecular weight is 331 g/mol. The van der Waals surface area contributed by atoms with Crippen molar-refractivity contribution in [1.29, 1.82) is 0 Å². The highest BCUT2D eigenvalue weighted by molar-refractivity contribution is 5.78. The van der Waals surface area contributed by atoms with Crippen molar-refractivity contribution in [3.8, 4) is 5.75 Å². The van der Waals surface area contributed by atoms with Crippen LogP contribution in [0.25, 0.3) is 0 Å². The largest absolute Gasteiger partial charge is 0.506 e. The molecule has 2 aliphatic rings. The van der Waals surface area contributed by atoms with Crippen LogP contribution >= 0.6 is 0 Å². The molecule has 0 unspecified atom stereocenters. The van der Waals surface area contributed by atoms with Crippen LogP contribution in [0.3, 0.4) is 0 Å². The van der Waals surface area contributed by atoms with Crippen LogP contribution in [0.2, 0.25) is 0 Å². The molecule has 2 N–H and O–H groups in total. The van der Waals surface area contributed by atoms with Gasteiger partial charge in [-0.2, -0.15) is 0 Å². The van der Waals surface area contributed by atoms with E-state index in [9.17, 15) is 9.90 Å². The minimum absolute atomic E-state index is 0.157. The summed E-state index contributed by atoms with van der Waals surface area (Å²) in [6, 6.07) is 7.81. The van der Waals surface area contributed by atoms with Gasteiger partial charge in [-0.1, -0.05) is 31.9 Å². The van der Waals surface area contributed by atoms with E-state index in [0.717, 1.165) is 38.3 Å². The predicted octanol–water partition coefficient (Wildman–Crippen LogP) is 2.21. The number of anilines is 1. The topological polar surface area (TPSA) is 55.8 Å². The summed E-state index contributed by atoms with van der Waals surface area (Å²) in [5, 5.41) is 13.2. The van der Waals surface area contributed by atoms with Crippen LogP contribution in [0.5, 0.6) is 5.75 Å². The lowest BCUT2D eigenvalue weighted by atomic mass is 9.86. The molecular weight excluding hydrogens is 302 g/mol. The highest BCUT2D eigenvalue weighted by Gasteiger charge is 2.25. The Labute approximate surface area is 144 Å². The van der Waals surface area contributed by atoms with Crippen molar-refractivity contribution in [1.82, 2.24) is 10.2 Å². The molecule has 1 saturated heterocycles. The Balaban J connectivity index is 1.45. The minimum atomic E-state index is 0.157. The van der Waals surface area contributed by atoms with Crippen molar-refractivity contribution in [2.75, 3.05) is 37.6 Å². The third-order valence-electron chi connectivity index (χ3n) is 5.42. The molecule has 1 aliphatic heterocycles. The van der Waals surface area contributed by atoms with Gasteiger partial charge in [-0.3, -0.25) is 9.69 Å². The second kappa shape index (κ2) is 7.88. The third-order valence-corrected chi connectivity index (χ3v) is 5.42. The summed E-state index contributed by atoms with van der Waals surface area (Å²) in [7, 11) is 0. The Hall–Kier alpha value is -1.75. The lowest BCUT2D eigenvalue weighted by Gasteiger charge is -2.36. The summed E-state index contributed by atoms with van der Waals surface area (Å²) in [6.07, 6.45) is 4.87. The zero-order valence-electron chi connectivity index (χ0n) is 14.6. The van der Waals surface area contributed by atoms with Crippen molar-refractivity contribution in [3.05, 3.63) is 24.3 Å². The number of benzene rings is 1. The Kier molecular flexibility index (Phi) is 5.61. The average Bonchev–Trinajstić information content (AvgIpc) is 2.58. The number of hydrogen-bond acceptors (Lipinski definition) is 4. The molecule has 0 radical (unpaired) electrons. The number of phenols is 1. The highest BCUT2D eigenvalue weighted by Crippen LogP contribution is 2.27. The first kappa shape index (κ1) is 17.1. The molecule has 0 aromatic heterocycles. The fourth-order valence-corrected chi connectivity index (χ4v) is 3.86. The SMILES string of the molecule is C[C@H]1CCCC[C@H]1NC(=O)CN1CCN(c2ccccc2O)CC1. The number of hydrogen-bond donors (Lipinski definition) is 2. The van der Waals surface area contributed by atoms with E-state index in [1.807, 2.05) is 18.2 Å². The Morgan fingerprint density at radius 1 is 1.17 bits per heavy atom. The smallest absolute Gasteiger partial charge is 0.234 e. The van der Waals surface area contributed by atoms with Crippen molar-refractivity contribution in [2.24, 2.45) is 5.92 Å². The van der Waals surface area contributed by atoms with E-state index >= 15 is 0 Å². The minimum Gasteiger partial charge on any atom is -0.506 e. The molecule has 1 aromatic carbocycles. The Bertz CT molecular complexity index is 555. The van der Waals surface area contributed by atoms with Crippen LogP contribution in [-0.4, -0.2) is 54.7 Å². The Morgan fingerprint density at radius 3 is 2.58 bits per heavy atom. The summed E-state index contributed by atoms with van der Waals surface area (Å²) >= 11 is 0. The van der Waals surface area contributed by atoms with Gasteiger partial charge in [-0.25, -0.2) is 0 Å². The van der Waals surface area contributed by atoms with Crippen LogP contribution in [0.4, 0.5) is 5.69 Å². The van der Waals surface area contributed by atoms with Gasteiger partial charge in [0, 0.05) is 32.2 Å². The molecule has 1 aliphatic carbocycles. The fraction of sp³-hybridized carbons (Fsp3) is 0.632. The quantitative estimate of drug-likeness (QED) is 0.888. The molecule has 1 saturated carbocycles. The molecule has 0 bridgehead atoms. The van der Waals surface area contributed by atoms with E-state index in [-0.39, 0.29) is 5.91 Å². The van der Waals surface area contributed by atoms with Crippen LogP contribution in [0, 0.1) is 5.92 Å². The standard InChI is InChI=1S/C19H29N3O2/c1-15-6-2-3-7-16(15)20-19(24)14-21-10-12-22(13-11-21)17-8-4-5-9-18(17)23/h4-5,8-9,15-16,23H,2-3,6-7,10-14H2,1H3,(H,20,24)/t15-,16+/m0/s1. The van der Waals surface area contributed by atoms with Gasteiger partial charge in [-0.05, 0) is 30.9 Å². The number of para-hydroxylation sites is 2. The van der Waals surface area contributed by atoms with Gasteiger partial charge in [0.15, 0.2) is 0 Å². The first-order valence-electron chi connectivity index (χ1n) is 9.18. The molecule has 2 atom stereocenters. The lowest BCUT2D eigenvalue weighted by Crippen LogP contribution is -2.51. The number of nitrogens with zero attached hydrogens (tertiary/aromatic N) is 2. The maximum atomic E-state index is 12.3. The van der Waals surface area contributed by atoms with Crippen LogP contribution in [-0.2, 0) is 4.79 Å². The molecule has 0 spiro atoms. The number of carbonyl (C=O) groups excluding carboxylic acids is 1. The van der Waals surface area contributed by atoms with Crippen LogP contribution in [0.1, 0.15) is 32.6 Å². The van der Waals surface area contributed by atoms with E-state index in [2.05, 4.69) is 22.0 Å². The first-order valence-corrected chi connectivity index (χ1v) is 9.18. The molecule has 2 fully saturated rings. The van der Waals surface area contributed by atoms with E-state index in [0.29, 0.717) is 24.3 Å². The summed E-state index contributed by atoms with van der Waals surface area (Å²) in [4.78, 5) is 16.7. The van der Waals surface area contributed by atoms with Gasteiger partial charge >= 0.3 is 0 Å². The second-order valence-corrected chi connectivity index (χ2v) is 7.19. The fourth-order valence-electron chi connectivity index (χ4n) is 3.86. The molecule has 5 heteroatoms. The number of rotatable bonds is 4. The molecule has 24 heavy (non-hydrogen) atoms. The van der Waals surface area contributed by atoms with Gasteiger partial charge in [0.05, 0.1) is 12.2 Å². The van der Waals surface area contributed by atoms with Gasteiger partial charge in [0.1, 0.15) is 5.75 Å². The number of nitrogens with one attached hydrogen (secondary N) is 1. The van der Waals surface area contributed by atoms with Crippen molar-refractivity contribution >= 4 is 11.6 Å². The number of carbonyl (C=O) groups is 1. The monoisotopic (exact) mass is 331 g/mol. The van der Waals surface area contributed by atoms with Crippen LogP contribution < -0.4 is 10.2 Å². The molecule has 5 nitrogen and oxygen atoms in total. The first-order chi connectivity index (χ1) is 11.6. The van der Waals surface area contributed by atoms with E-state index in [4.69, 9.17) is 0 Å². The maximum absolute atomic E-state index is 12.3. The Morgan fingerprint density at radius 2 is 1.88 bits per heavy atom. The molecular formula is C19H29N3O2. The molecule has 132 valence electrons. The second-order valence-electron chi connectivity index (χ2n) is 7.19. The van der Waals surface area contributed by atoms with Gasteiger partial charge < -0.3 is 15.3 Å². The summed E-state index contributed by atoms with van der Waals surface area (Å²) in [5.74, 6) is 1.08. The van der Waals surface area contributed by atoms with Gasteiger partial charge in [-0.15, -0.1) is 0 Å². The molecule has 1 heterocycles. The summed E-state index contributed by atoms with van der Waals surface area (Å²) in [6.45, 7) is 6.10. The molecule has 3 rings (SSSR count). The van der Waals surface area contributed by atoms with E-state index in [1.165, 1.54) is 19.3 Å². The van der Waals surface area contributed by atoms with Crippen LogP contribution in [0.15, 0.2) is 24.3 Å². The number of piperazine rings is 1. The number of aromatic hydroxyl groups is 1. The van der Waals surface area contributed by atoms with Gasteiger partial charge in [0.2, 0.25) is 5.91 Å². The van der Waals surface area contributed by atoms with Crippen molar-refractivity contribution in [2.45, 2.75) is 38.6 Å². The van der Waals surface area contributed by atoms with E-state index < -0.39 is 0 Å². The maximum Gasteiger partial charge on any atom is 0.234 e. The molecule has 1 amide bonds. The van der Waals surface area contributed by atoms with Crippen molar-refractivity contribution < 1.29 is 9.90 Å². The summed E-state index contributed by atoms with van der Waals surface area (Å²) in [5.41, 5.74) is 0.887. The van der Waals surface area contributed by atoms with E-state index in [1.54, 1.807) is 6.07 Å². The predicted molar refractivity (Wildman–Crippen MR) is 96.3 cm³/mol. The lowest BCUT2D eigenvalue weighted by molar-refractivity contribution is -0.123. The normalized spacial score (nSPS) is 25.5. The molecule has 1 aromatic rings. The zero-order valence-corrected chi connectivity index (χ0v) is 14.6. The van der Waals surface area contributed by atoms with Crippen molar-refractivity contribution in [3.63, 3.8) is 0 Å². The number of phenolic OH excluding ortho intramolecular Hbond substituents is 1.